The highest BCUT2D eigenvalue weighted by atomic mass is 14.9. The quantitative estimate of drug-likeness (QED) is 0.596. The summed E-state index contributed by atoms with van der Waals surface area (Å²) < 4.78 is 0. The summed E-state index contributed by atoms with van der Waals surface area (Å²) in [6.07, 6.45) is 9.84. The number of rotatable bonds is 7. The zero-order valence-corrected chi connectivity index (χ0v) is 9.27. The molecule has 0 saturated heterocycles. The molecule has 1 nitrogen and oxygen atoms in total. The first-order valence-electron chi connectivity index (χ1n) is 5.41. The zero-order chi connectivity index (χ0) is 10.1. The van der Waals surface area contributed by atoms with E-state index in [1.807, 2.05) is 0 Å². The van der Waals surface area contributed by atoms with Crippen molar-refractivity contribution in [2.45, 2.75) is 52.5 Å². The van der Waals surface area contributed by atoms with Crippen LogP contribution in [0.5, 0.6) is 0 Å². The van der Waals surface area contributed by atoms with E-state index >= 15 is 0 Å². The molecule has 0 spiro atoms. The van der Waals surface area contributed by atoms with Crippen LogP contribution in [0.15, 0.2) is 0 Å². The fraction of sp³-hybridized carbons (Fsp3) is 0.833. The maximum atomic E-state index is 5.28. The lowest BCUT2D eigenvalue weighted by Gasteiger charge is -2.17. The van der Waals surface area contributed by atoms with Gasteiger partial charge in [0.2, 0.25) is 0 Å². The summed E-state index contributed by atoms with van der Waals surface area (Å²) in [6.45, 7) is 7.81. The molecular formula is C12H23N. The van der Waals surface area contributed by atoms with Crippen molar-refractivity contribution in [2.24, 2.45) is 5.92 Å². The number of hydrogen-bond donors (Lipinski definition) is 1. The summed E-state index contributed by atoms with van der Waals surface area (Å²) in [7, 11) is 0. The Hall–Kier alpha value is -0.480. The predicted octanol–water partition coefficient (Wildman–Crippen LogP) is 2.81. The van der Waals surface area contributed by atoms with Gasteiger partial charge in [0.1, 0.15) is 0 Å². The third kappa shape index (κ3) is 6.66. The van der Waals surface area contributed by atoms with Crippen molar-refractivity contribution in [3.63, 3.8) is 0 Å². The van der Waals surface area contributed by atoms with Gasteiger partial charge in [-0.15, -0.1) is 12.3 Å². The molecule has 0 amide bonds. The lowest BCUT2D eigenvalue weighted by atomic mass is 10.1. The van der Waals surface area contributed by atoms with Crippen LogP contribution >= 0.6 is 0 Å². The van der Waals surface area contributed by atoms with Crippen LogP contribution in [0.2, 0.25) is 0 Å². The second-order valence-corrected chi connectivity index (χ2v) is 3.82. The van der Waals surface area contributed by atoms with Gasteiger partial charge in [-0.2, -0.15) is 0 Å². The van der Waals surface area contributed by atoms with Crippen LogP contribution in [0.4, 0.5) is 0 Å². The Morgan fingerprint density at radius 3 is 2.54 bits per heavy atom. The van der Waals surface area contributed by atoms with E-state index < -0.39 is 0 Å². The van der Waals surface area contributed by atoms with Gasteiger partial charge in [-0.25, -0.2) is 0 Å². The molecule has 0 rings (SSSR count). The van der Waals surface area contributed by atoms with E-state index in [1.165, 1.54) is 12.8 Å². The van der Waals surface area contributed by atoms with Gasteiger partial charge < -0.3 is 5.32 Å². The average molecular weight is 181 g/mol. The molecule has 1 heteroatoms. The van der Waals surface area contributed by atoms with E-state index in [0.29, 0.717) is 6.04 Å². The Morgan fingerprint density at radius 1 is 1.38 bits per heavy atom. The molecule has 0 aliphatic rings. The van der Waals surface area contributed by atoms with E-state index in [9.17, 15) is 0 Å². The third-order valence-electron chi connectivity index (χ3n) is 2.39. The van der Waals surface area contributed by atoms with Gasteiger partial charge in [-0.1, -0.05) is 27.2 Å². The van der Waals surface area contributed by atoms with Crippen LogP contribution < -0.4 is 5.32 Å². The molecule has 0 heterocycles. The number of nitrogens with one attached hydrogen (secondary N) is 1. The monoisotopic (exact) mass is 181 g/mol. The first kappa shape index (κ1) is 12.5. The standard InChI is InChI=1S/C12H23N/c1-5-8-11(4)10-13-12(7-3)9-6-2/h2,11-13H,5,7-10H2,1,3-4H3. The summed E-state index contributed by atoms with van der Waals surface area (Å²) in [6, 6.07) is 0.518. The van der Waals surface area contributed by atoms with Crippen LogP contribution in [0.3, 0.4) is 0 Å². The van der Waals surface area contributed by atoms with Gasteiger partial charge in [-0.3, -0.25) is 0 Å². The van der Waals surface area contributed by atoms with E-state index in [4.69, 9.17) is 6.42 Å². The highest BCUT2D eigenvalue weighted by Gasteiger charge is 2.05. The predicted molar refractivity (Wildman–Crippen MR) is 59.6 cm³/mol. The molecule has 1 N–H and O–H groups in total. The van der Waals surface area contributed by atoms with Crippen LogP contribution in [0.1, 0.15) is 46.5 Å². The molecule has 0 bridgehead atoms. The Labute approximate surface area is 83.3 Å². The minimum Gasteiger partial charge on any atom is -0.313 e. The second kappa shape index (κ2) is 8.13. The third-order valence-corrected chi connectivity index (χ3v) is 2.39. The molecule has 0 radical (unpaired) electrons. The SMILES string of the molecule is C#CCC(CC)NCC(C)CCC. The van der Waals surface area contributed by atoms with Gasteiger partial charge in [0.15, 0.2) is 0 Å². The van der Waals surface area contributed by atoms with Crippen molar-refractivity contribution in [1.82, 2.24) is 5.32 Å². The van der Waals surface area contributed by atoms with Crippen molar-refractivity contribution >= 4 is 0 Å². The fourth-order valence-corrected chi connectivity index (χ4v) is 1.47. The molecule has 0 aromatic heterocycles. The smallest absolute Gasteiger partial charge is 0.0240 e. The first-order chi connectivity index (χ1) is 6.24. The Balaban J connectivity index is 3.53. The van der Waals surface area contributed by atoms with Crippen LogP contribution in [0, 0.1) is 18.3 Å². The van der Waals surface area contributed by atoms with Crippen molar-refractivity contribution in [1.29, 1.82) is 0 Å². The summed E-state index contributed by atoms with van der Waals surface area (Å²) in [5.74, 6) is 3.49. The first-order valence-corrected chi connectivity index (χ1v) is 5.41. The molecule has 0 saturated carbocycles. The maximum Gasteiger partial charge on any atom is 0.0240 e. The van der Waals surface area contributed by atoms with E-state index in [1.54, 1.807) is 0 Å². The maximum absolute atomic E-state index is 5.28. The van der Waals surface area contributed by atoms with Crippen LogP contribution in [0.25, 0.3) is 0 Å². The zero-order valence-electron chi connectivity index (χ0n) is 9.27. The minimum absolute atomic E-state index is 0.518. The van der Waals surface area contributed by atoms with Crippen LogP contribution in [-0.2, 0) is 0 Å². The topological polar surface area (TPSA) is 12.0 Å². The molecule has 0 aliphatic carbocycles. The van der Waals surface area contributed by atoms with Gasteiger partial charge in [-0.05, 0) is 25.3 Å². The Kier molecular flexibility index (Phi) is 7.83. The molecule has 0 fully saturated rings. The molecule has 2 atom stereocenters. The summed E-state index contributed by atoms with van der Waals surface area (Å²) in [5.41, 5.74) is 0. The molecule has 76 valence electrons. The van der Waals surface area contributed by atoms with Crippen molar-refractivity contribution in [3.8, 4) is 12.3 Å². The van der Waals surface area contributed by atoms with Crippen molar-refractivity contribution < 1.29 is 0 Å². The van der Waals surface area contributed by atoms with Gasteiger partial charge in [0.05, 0.1) is 0 Å². The largest absolute Gasteiger partial charge is 0.313 e. The van der Waals surface area contributed by atoms with Gasteiger partial charge in [0, 0.05) is 12.5 Å². The molecule has 0 aromatic carbocycles. The van der Waals surface area contributed by atoms with E-state index in [2.05, 4.69) is 32.0 Å². The normalized spacial score (nSPS) is 14.9. The van der Waals surface area contributed by atoms with Crippen LogP contribution in [-0.4, -0.2) is 12.6 Å². The fourth-order valence-electron chi connectivity index (χ4n) is 1.47. The van der Waals surface area contributed by atoms with Crippen molar-refractivity contribution in [3.05, 3.63) is 0 Å². The minimum atomic E-state index is 0.518. The molecule has 2 unspecified atom stereocenters. The summed E-state index contributed by atoms with van der Waals surface area (Å²) >= 11 is 0. The highest BCUT2D eigenvalue weighted by Crippen LogP contribution is 2.04. The lowest BCUT2D eigenvalue weighted by molar-refractivity contribution is 0.421. The van der Waals surface area contributed by atoms with Gasteiger partial charge in [0.25, 0.3) is 0 Å². The molecule has 0 aliphatic heterocycles. The molecule has 0 aromatic rings. The van der Waals surface area contributed by atoms with Crippen molar-refractivity contribution in [2.75, 3.05) is 6.54 Å². The lowest BCUT2D eigenvalue weighted by Crippen LogP contribution is -2.31. The van der Waals surface area contributed by atoms with Gasteiger partial charge >= 0.3 is 0 Å². The summed E-state index contributed by atoms with van der Waals surface area (Å²) in [4.78, 5) is 0. The molecular weight excluding hydrogens is 158 g/mol. The number of hydrogen-bond acceptors (Lipinski definition) is 1. The Morgan fingerprint density at radius 2 is 2.08 bits per heavy atom. The van der Waals surface area contributed by atoms with E-state index in [-0.39, 0.29) is 0 Å². The summed E-state index contributed by atoms with van der Waals surface area (Å²) in [5, 5.41) is 3.51. The second-order valence-electron chi connectivity index (χ2n) is 3.82. The van der Waals surface area contributed by atoms with E-state index in [0.717, 1.165) is 25.3 Å². The highest BCUT2D eigenvalue weighted by molar-refractivity contribution is 4.89. The average Bonchev–Trinajstić information content (AvgIpc) is 2.12. The molecule has 13 heavy (non-hydrogen) atoms. The Bertz CT molecular complexity index is 146. The number of terminal acetylenes is 1.